The van der Waals surface area contributed by atoms with E-state index in [1.807, 2.05) is 41.5 Å². The van der Waals surface area contributed by atoms with Crippen LogP contribution < -0.4 is 0 Å². The highest BCUT2D eigenvalue weighted by molar-refractivity contribution is 4.53. The largest absolute Gasteiger partial charge is 0.103 e. The molecule has 0 heterocycles. The summed E-state index contributed by atoms with van der Waals surface area (Å²) in [5, 5.41) is 0. The Morgan fingerprint density at radius 3 is 0.333 bits per heavy atom. The molecule has 0 bridgehead atoms. The van der Waals surface area contributed by atoms with Crippen molar-refractivity contribution in [2.24, 2.45) is 0 Å². The van der Waals surface area contributed by atoms with Crippen molar-refractivity contribution in [2.45, 2.75) is 41.5 Å². The summed E-state index contributed by atoms with van der Waals surface area (Å²) in [6, 6.07) is 0. The van der Waals surface area contributed by atoms with E-state index in [4.69, 9.17) is 0 Å². The number of allylic oxidation sites excluding steroid dienone is 6. The molecule has 0 aromatic heterocycles. The molecule has 0 saturated heterocycles. The summed E-state index contributed by atoms with van der Waals surface area (Å²) in [4.78, 5) is 0. The minimum absolute atomic E-state index is 1.75. The maximum atomic E-state index is 3.36. The van der Waals surface area contributed by atoms with Crippen LogP contribution in [0.25, 0.3) is 0 Å². The normalized spacial score (nSPS) is 4.33. The molecule has 18 heavy (non-hydrogen) atoms. The van der Waals surface area contributed by atoms with Gasteiger partial charge in [0, 0.05) is 0 Å². The highest BCUT2D eigenvalue weighted by atomic mass is 13.3. The van der Waals surface area contributed by atoms with Crippen LogP contribution in [0.5, 0.6) is 0 Å². The molecule has 0 heteroatoms. The van der Waals surface area contributed by atoms with E-state index in [0.29, 0.717) is 0 Å². The van der Waals surface area contributed by atoms with Gasteiger partial charge in [-0.2, -0.15) is 0 Å². The Morgan fingerprint density at radius 2 is 0.333 bits per heavy atom. The van der Waals surface area contributed by atoms with Crippen LogP contribution in [0, 0.1) is 0 Å². The number of rotatable bonds is 0. The molecule has 0 aromatic carbocycles. The van der Waals surface area contributed by atoms with E-state index in [9.17, 15) is 0 Å². The van der Waals surface area contributed by atoms with E-state index in [1.54, 1.807) is 36.5 Å². The first kappa shape index (κ1) is 36.0. The Balaban J connectivity index is -0.0000000240. The molecule has 0 N–H and O–H groups in total. The molecular formula is C18H36. The van der Waals surface area contributed by atoms with Crippen LogP contribution >= 0.6 is 0 Å². The molecule has 0 amide bonds. The Hall–Kier alpha value is -1.56. The van der Waals surface area contributed by atoms with Crippen LogP contribution in [0.15, 0.2) is 75.9 Å². The molecule has 0 nitrogen and oxygen atoms in total. The summed E-state index contributed by atoms with van der Waals surface area (Å²) in [7, 11) is 0. The first-order valence-corrected chi connectivity index (χ1v) is 5.91. The molecule has 0 aliphatic carbocycles. The van der Waals surface area contributed by atoms with Gasteiger partial charge in [0.05, 0.1) is 0 Å². The summed E-state index contributed by atoms with van der Waals surface area (Å²) in [5.74, 6) is 0. The molecule has 0 radical (unpaired) electrons. The smallest absolute Gasteiger partial charge is 0.0473 e. The fourth-order valence-electron chi connectivity index (χ4n) is 0. The highest BCUT2D eigenvalue weighted by Crippen LogP contribution is 1.39. The van der Waals surface area contributed by atoms with Crippen molar-refractivity contribution < 1.29 is 0 Å². The lowest BCUT2D eigenvalue weighted by Crippen LogP contribution is -1.07. The van der Waals surface area contributed by atoms with Gasteiger partial charge in [0.2, 0.25) is 0 Å². The first-order valence-electron chi connectivity index (χ1n) is 5.91. The summed E-state index contributed by atoms with van der Waals surface area (Å²) < 4.78 is 0. The van der Waals surface area contributed by atoms with E-state index in [0.717, 1.165) is 0 Å². The lowest BCUT2D eigenvalue weighted by Gasteiger charge is -1.31. The Labute approximate surface area is 118 Å². The number of hydrogen-bond donors (Lipinski definition) is 0. The molecule has 108 valence electrons. The van der Waals surface area contributed by atoms with Gasteiger partial charge < -0.3 is 0 Å². The topological polar surface area (TPSA) is 0 Å². The Kier molecular flexibility index (Phi) is 326. The summed E-state index contributed by atoms with van der Waals surface area (Å²) in [6.07, 6.45) is 10.5. The van der Waals surface area contributed by atoms with Crippen LogP contribution in [-0.2, 0) is 0 Å². The molecule has 0 atom stereocenters. The third-order valence-corrected chi connectivity index (χ3v) is 0. The van der Waals surface area contributed by atoms with E-state index >= 15 is 0 Å². The summed E-state index contributed by atoms with van der Waals surface area (Å²) in [5.41, 5.74) is 0. The minimum Gasteiger partial charge on any atom is -0.103 e. The van der Waals surface area contributed by atoms with Crippen molar-refractivity contribution in [1.29, 1.82) is 0 Å². The van der Waals surface area contributed by atoms with Gasteiger partial charge in [-0.1, -0.05) is 36.5 Å². The quantitative estimate of drug-likeness (QED) is 0.401. The SMILES string of the molecule is C=CC.C=CC.C=CC.C=CC.C=CC.C=CC. The first-order chi connectivity index (χ1) is 8.49. The average Bonchev–Trinajstić information content (AvgIpc) is 2.23. The summed E-state index contributed by atoms with van der Waals surface area (Å²) >= 11 is 0. The molecule has 0 aliphatic heterocycles. The number of hydrogen-bond acceptors (Lipinski definition) is 0. The van der Waals surface area contributed by atoms with Crippen LogP contribution in [0.2, 0.25) is 0 Å². The molecule has 0 spiro atoms. The third-order valence-electron chi connectivity index (χ3n) is 0. The molecule has 0 aliphatic rings. The van der Waals surface area contributed by atoms with E-state index in [-0.39, 0.29) is 0 Å². The lowest BCUT2D eigenvalue weighted by molar-refractivity contribution is 1.80. The molecule has 0 aromatic rings. The van der Waals surface area contributed by atoms with Crippen molar-refractivity contribution in [3.63, 3.8) is 0 Å². The van der Waals surface area contributed by atoms with Gasteiger partial charge in [0.25, 0.3) is 0 Å². The van der Waals surface area contributed by atoms with Gasteiger partial charge in [-0.05, 0) is 41.5 Å². The maximum Gasteiger partial charge on any atom is -0.0473 e. The molecule has 0 unspecified atom stereocenters. The van der Waals surface area contributed by atoms with E-state index in [2.05, 4.69) is 39.5 Å². The zero-order valence-electron chi connectivity index (χ0n) is 13.7. The van der Waals surface area contributed by atoms with Crippen molar-refractivity contribution in [3.8, 4) is 0 Å². The second-order valence-corrected chi connectivity index (χ2v) is 2.45. The fraction of sp³-hybridized carbons (Fsp3) is 0.333. The zero-order chi connectivity index (χ0) is 16.2. The summed E-state index contributed by atoms with van der Waals surface area (Å²) in [6.45, 7) is 31.5. The van der Waals surface area contributed by atoms with Gasteiger partial charge in [-0.3, -0.25) is 0 Å². The van der Waals surface area contributed by atoms with Gasteiger partial charge in [0.15, 0.2) is 0 Å². The van der Waals surface area contributed by atoms with Crippen molar-refractivity contribution in [1.82, 2.24) is 0 Å². The Bertz CT molecular complexity index is 91.6. The Morgan fingerprint density at radius 1 is 0.333 bits per heavy atom. The van der Waals surface area contributed by atoms with E-state index in [1.165, 1.54) is 0 Å². The van der Waals surface area contributed by atoms with Crippen LogP contribution in [0.3, 0.4) is 0 Å². The minimum atomic E-state index is 1.75. The molecular weight excluding hydrogens is 216 g/mol. The molecule has 0 fully saturated rings. The van der Waals surface area contributed by atoms with Gasteiger partial charge in [-0.25, -0.2) is 0 Å². The second kappa shape index (κ2) is 163. The van der Waals surface area contributed by atoms with Gasteiger partial charge in [-0.15, -0.1) is 39.5 Å². The molecule has 0 saturated carbocycles. The maximum absolute atomic E-state index is 3.36. The van der Waals surface area contributed by atoms with Crippen molar-refractivity contribution >= 4 is 0 Å². The van der Waals surface area contributed by atoms with Crippen LogP contribution in [-0.4, -0.2) is 0 Å². The molecule has 0 rings (SSSR count). The predicted octanol–water partition coefficient (Wildman–Crippen LogP) is 7.15. The second-order valence-electron chi connectivity index (χ2n) is 2.45. The van der Waals surface area contributed by atoms with Crippen LogP contribution in [0.4, 0.5) is 0 Å². The predicted molar refractivity (Wildman–Crippen MR) is 95.2 cm³/mol. The fourth-order valence-corrected chi connectivity index (χ4v) is 0. The standard InChI is InChI=1S/6C3H6/c6*1-3-2/h6*3H,1H2,2H3. The van der Waals surface area contributed by atoms with Crippen LogP contribution in [0.1, 0.15) is 41.5 Å². The van der Waals surface area contributed by atoms with Crippen molar-refractivity contribution in [3.05, 3.63) is 75.9 Å². The average molecular weight is 252 g/mol. The van der Waals surface area contributed by atoms with Gasteiger partial charge >= 0.3 is 0 Å². The van der Waals surface area contributed by atoms with E-state index < -0.39 is 0 Å². The highest BCUT2D eigenvalue weighted by Gasteiger charge is 1.16. The lowest BCUT2D eigenvalue weighted by atomic mass is 10.8. The monoisotopic (exact) mass is 252 g/mol. The van der Waals surface area contributed by atoms with Crippen molar-refractivity contribution in [2.75, 3.05) is 0 Å². The van der Waals surface area contributed by atoms with Gasteiger partial charge in [0.1, 0.15) is 0 Å². The zero-order valence-corrected chi connectivity index (χ0v) is 13.7. The third kappa shape index (κ3) is 1070.